The number of rotatable bonds is 13. The highest BCUT2D eigenvalue weighted by molar-refractivity contribution is 7.80. The first kappa shape index (κ1) is 39.6. The molecule has 16 atom stereocenters. The molecule has 3 rings (SSSR count). The fourth-order valence-electron chi connectivity index (χ4n) is 5.30. The van der Waals surface area contributed by atoms with Gasteiger partial charge >= 0.3 is 16.4 Å². The number of hydrogen-bond donors (Lipinski definition) is 13. The Hall–Kier alpha value is -1.79. The quantitative estimate of drug-likeness (QED) is 0.0788. The summed E-state index contributed by atoms with van der Waals surface area (Å²) in [4.78, 5) is 24.4. The van der Waals surface area contributed by atoms with Crippen molar-refractivity contribution < 1.29 is 107 Å². The Balaban J connectivity index is 2.02. The molecule has 0 spiro atoms. The van der Waals surface area contributed by atoms with Crippen LogP contribution in [0.4, 0.5) is 0 Å². The second kappa shape index (κ2) is 15.8. The normalized spacial score (nSPS) is 42.8. The average Bonchev–Trinajstić information content (AvgIpc) is 2.99. The number of carbonyl (C=O) groups excluding carboxylic acids is 1. The number of nitrogens with one attached hydrogen (secondary N) is 1. The largest absolute Gasteiger partial charge is 0.477 e. The van der Waals surface area contributed by atoms with E-state index in [-0.39, 0.29) is 0 Å². The Labute approximate surface area is 265 Å². The molecule has 3 fully saturated rings. The maximum atomic E-state index is 12.6. The molecule has 13 N–H and O–H groups in total. The predicted molar refractivity (Wildman–Crippen MR) is 140 cm³/mol. The lowest BCUT2D eigenvalue weighted by Gasteiger charge is -2.50. The van der Waals surface area contributed by atoms with Crippen molar-refractivity contribution in [2.75, 3.05) is 19.8 Å². The van der Waals surface area contributed by atoms with Gasteiger partial charge in [0.2, 0.25) is 5.91 Å². The first-order valence-corrected chi connectivity index (χ1v) is 15.2. The molecule has 0 bridgehead atoms. The third kappa shape index (κ3) is 9.07. The lowest BCUT2D eigenvalue weighted by Crippen LogP contribution is -2.71. The van der Waals surface area contributed by atoms with Crippen LogP contribution in [-0.2, 0) is 47.9 Å². The standard InChI is InChI=1S/C23H39NO22S/c1-6(27)24-11-7(28)2-23(22(36)37,45-18(11)12(30)8(29)3-25)46-19-13(31)10(5-41-47(38,39)40)43-21(16(19)34)44-17-9(4-26)42-20(35)15(33)14(17)32/h7-21,25-26,28-35H,2-5H2,1H3,(H,24,27)(H,36,37)(H,38,39,40)/t7-,8+,9+,10+,11+,12-,13-,14-,15+,16+,17-,18+,19-,20?,21-,23-/m0/s1. The number of aliphatic carboxylic acids is 1. The summed E-state index contributed by atoms with van der Waals surface area (Å²) in [5, 5.41) is 115. The summed E-state index contributed by atoms with van der Waals surface area (Å²) in [6.45, 7) is -2.32. The van der Waals surface area contributed by atoms with Gasteiger partial charge in [0.25, 0.3) is 5.79 Å². The van der Waals surface area contributed by atoms with Crippen LogP contribution in [0.15, 0.2) is 0 Å². The topological polar surface area (TPSA) is 378 Å². The molecule has 0 aromatic carbocycles. The zero-order valence-electron chi connectivity index (χ0n) is 24.3. The molecule has 1 amide bonds. The van der Waals surface area contributed by atoms with Gasteiger partial charge in [-0.15, -0.1) is 0 Å². The molecule has 3 saturated heterocycles. The minimum atomic E-state index is -5.21. The zero-order valence-corrected chi connectivity index (χ0v) is 25.2. The molecule has 3 aliphatic heterocycles. The van der Waals surface area contributed by atoms with Crippen LogP contribution in [0.1, 0.15) is 13.3 Å². The number of carbonyl (C=O) groups is 2. The fraction of sp³-hybridized carbons (Fsp3) is 0.913. The SMILES string of the molecule is CC(=O)N[C@H]1[C@H]([C@@H](O)[C@H](O)CO)O[C@@](O[C@H]2[C@@H](O)[C@@H](COS(=O)(=O)O)O[C@@H](O[C@@H]3[C@@H](O)[C@@H](O)C(O)O[C@@H]3CO)[C@@H]2O)(C(=O)O)C[C@@H]1O. The highest BCUT2D eigenvalue weighted by Crippen LogP contribution is 2.38. The summed E-state index contributed by atoms with van der Waals surface area (Å²) in [5.74, 6) is -6.04. The molecule has 47 heavy (non-hydrogen) atoms. The lowest BCUT2D eigenvalue weighted by molar-refractivity contribution is -0.384. The number of amides is 1. The number of ether oxygens (including phenoxy) is 5. The molecule has 3 aliphatic rings. The smallest absolute Gasteiger partial charge is 0.397 e. The first-order valence-electron chi connectivity index (χ1n) is 13.9. The molecular formula is C23H39NO22S. The van der Waals surface area contributed by atoms with Crippen LogP contribution in [0.3, 0.4) is 0 Å². The molecule has 0 aromatic heterocycles. The molecule has 1 unspecified atom stereocenters. The van der Waals surface area contributed by atoms with Crippen LogP contribution in [0, 0.1) is 0 Å². The summed E-state index contributed by atoms with van der Waals surface area (Å²) in [5.41, 5.74) is 0. The molecule has 274 valence electrons. The van der Waals surface area contributed by atoms with Gasteiger partial charge in [0, 0.05) is 13.3 Å². The first-order chi connectivity index (χ1) is 21.8. The molecule has 0 aromatic rings. The van der Waals surface area contributed by atoms with Crippen molar-refractivity contribution in [2.24, 2.45) is 0 Å². The van der Waals surface area contributed by atoms with E-state index in [4.69, 9.17) is 28.2 Å². The Kier molecular flexibility index (Phi) is 13.4. The van der Waals surface area contributed by atoms with Gasteiger partial charge in [-0.2, -0.15) is 8.42 Å². The van der Waals surface area contributed by atoms with Gasteiger partial charge in [0.15, 0.2) is 12.6 Å². The van der Waals surface area contributed by atoms with E-state index in [0.29, 0.717) is 0 Å². The van der Waals surface area contributed by atoms with Gasteiger partial charge in [-0.05, 0) is 0 Å². The Bertz CT molecular complexity index is 1180. The zero-order chi connectivity index (χ0) is 35.6. The van der Waals surface area contributed by atoms with Crippen molar-refractivity contribution >= 4 is 22.3 Å². The monoisotopic (exact) mass is 713 g/mol. The Morgan fingerprint density at radius 3 is 2.13 bits per heavy atom. The molecule has 0 aliphatic carbocycles. The Morgan fingerprint density at radius 1 is 0.957 bits per heavy atom. The fourth-order valence-corrected chi connectivity index (χ4v) is 5.61. The minimum absolute atomic E-state index is 0.804. The molecular weight excluding hydrogens is 674 g/mol. The molecule has 3 heterocycles. The lowest BCUT2D eigenvalue weighted by atomic mass is 9.88. The van der Waals surface area contributed by atoms with Gasteiger partial charge in [-0.25, -0.2) is 8.98 Å². The van der Waals surface area contributed by atoms with E-state index < -0.39 is 146 Å². The minimum Gasteiger partial charge on any atom is -0.477 e. The number of aliphatic hydroxyl groups excluding tert-OH is 10. The van der Waals surface area contributed by atoms with Crippen LogP contribution >= 0.6 is 0 Å². The predicted octanol–water partition coefficient (Wildman–Crippen LogP) is -8.40. The van der Waals surface area contributed by atoms with Crippen LogP contribution in [0.25, 0.3) is 0 Å². The molecule has 0 saturated carbocycles. The van der Waals surface area contributed by atoms with Crippen molar-refractivity contribution in [3.05, 3.63) is 0 Å². The molecule has 23 nitrogen and oxygen atoms in total. The summed E-state index contributed by atoms with van der Waals surface area (Å²) >= 11 is 0. The number of aliphatic hydroxyl groups is 10. The van der Waals surface area contributed by atoms with E-state index in [1.54, 1.807) is 0 Å². The van der Waals surface area contributed by atoms with Crippen LogP contribution in [0.2, 0.25) is 0 Å². The number of carboxylic acid groups (broad SMARTS) is 1. The van der Waals surface area contributed by atoms with Crippen molar-refractivity contribution in [1.82, 2.24) is 5.32 Å². The third-order valence-electron chi connectivity index (χ3n) is 7.67. The molecule has 0 radical (unpaired) electrons. The van der Waals surface area contributed by atoms with Gasteiger partial charge in [-0.1, -0.05) is 0 Å². The van der Waals surface area contributed by atoms with Crippen molar-refractivity contribution in [3.63, 3.8) is 0 Å². The molecule has 24 heteroatoms. The van der Waals surface area contributed by atoms with E-state index in [1.807, 2.05) is 0 Å². The summed E-state index contributed by atoms with van der Waals surface area (Å²) < 4.78 is 62.5. The van der Waals surface area contributed by atoms with E-state index in [9.17, 15) is 74.2 Å². The highest BCUT2D eigenvalue weighted by Gasteiger charge is 2.60. The Morgan fingerprint density at radius 2 is 1.60 bits per heavy atom. The second-order valence-electron chi connectivity index (χ2n) is 11.0. The summed E-state index contributed by atoms with van der Waals surface area (Å²) in [6, 6.07) is -1.62. The van der Waals surface area contributed by atoms with Gasteiger partial charge in [0.05, 0.1) is 32.0 Å². The van der Waals surface area contributed by atoms with E-state index in [2.05, 4.69) is 9.50 Å². The summed E-state index contributed by atoms with van der Waals surface area (Å²) in [7, 11) is -5.21. The average molecular weight is 714 g/mol. The van der Waals surface area contributed by atoms with Crippen molar-refractivity contribution in [3.8, 4) is 0 Å². The highest BCUT2D eigenvalue weighted by atomic mass is 32.3. The van der Waals surface area contributed by atoms with Gasteiger partial charge in [-0.3, -0.25) is 9.35 Å². The van der Waals surface area contributed by atoms with Crippen LogP contribution in [-0.4, -0.2) is 198 Å². The van der Waals surface area contributed by atoms with E-state index in [1.165, 1.54) is 0 Å². The van der Waals surface area contributed by atoms with Gasteiger partial charge in [0.1, 0.15) is 67.1 Å². The number of carboxylic acids is 1. The van der Waals surface area contributed by atoms with Crippen LogP contribution < -0.4 is 5.32 Å². The van der Waals surface area contributed by atoms with Crippen molar-refractivity contribution in [2.45, 2.75) is 111 Å². The van der Waals surface area contributed by atoms with E-state index in [0.717, 1.165) is 6.92 Å². The van der Waals surface area contributed by atoms with E-state index >= 15 is 0 Å². The van der Waals surface area contributed by atoms with Gasteiger partial charge < -0.3 is 85.2 Å². The second-order valence-corrected chi connectivity index (χ2v) is 12.1. The summed E-state index contributed by atoms with van der Waals surface area (Å²) in [6.07, 6.45) is -30.0. The maximum Gasteiger partial charge on any atom is 0.397 e. The van der Waals surface area contributed by atoms with Crippen LogP contribution in [0.5, 0.6) is 0 Å². The number of hydrogen-bond acceptors (Lipinski definition) is 20. The maximum absolute atomic E-state index is 12.6. The third-order valence-corrected chi connectivity index (χ3v) is 8.10. The van der Waals surface area contributed by atoms with Crippen molar-refractivity contribution in [1.29, 1.82) is 0 Å².